The van der Waals surface area contributed by atoms with Gasteiger partial charge in [-0.3, -0.25) is 33.9 Å². The fraction of sp³-hybridized carbons (Fsp3) is 0.277. The largest absolute Gasteiger partial charge is 0.476 e. The zero-order valence-electron chi connectivity index (χ0n) is 34.7. The van der Waals surface area contributed by atoms with Gasteiger partial charge in [0.2, 0.25) is 11.8 Å². The van der Waals surface area contributed by atoms with Crippen LogP contribution >= 0.6 is 11.6 Å². The van der Waals surface area contributed by atoms with E-state index in [1.165, 1.54) is 53.2 Å². The molecule has 0 radical (unpaired) electrons. The lowest BCUT2D eigenvalue weighted by atomic mass is 10.0. The van der Waals surface area contributed by atoms with E-state index in [4.69, 9.17) is 35.3 Å². The molecule has 7 heterocycles. The van der Waals surface area contributed by atoms with Crippen molar-refractivity contribution in [2.75, 3.05) is 78.9 Å². The van der Waals surface area contributed by atoms with Crippen molar-refractivity contribution in [3.63, 3.8) is 0 Å². The Hall–Kier alpha value is -6.43. The summed E-state index contributed by atoms with van der Waals surface area (Å²) in [7, 11) is 0. The van der Waals surface area contributed by atoms with Crippen LogP contribution in [0.3, 0.4) is 0 Å². The molecule has 0 bridgehead atoms. The van der Waals surface area contributed by atoms with E-state index >= 15 is 4.39 Å². The number of halogens is 3. The first kappa shape index (κ1) is 44.2. The van der Waals surface area contributed by atoms with Crippen LogP contribution in [0.5, 0.6) is 23.3 Å². The van der Waals surface area contributed by atoms with Crippen LogP contribution in [0.1, 0.15) is 15.9 Å². The normalized spacial score (nSPS) is 14.5. The number of ether oxygens (including phenoxy) is 5. The van der Waals surface area contributed by atoms with E-state index in [1.807, 2.05) is 6.07 Å². The first-order valence-corrected chi connectivity index (χ1v) is 21.1. The van der Waals surface area contributed by atoms with Gasteiger partial charge in [0.05, 0.1) is 53.4 Å². The van der Waals surface area contributed by atoms with Crippen LogP contribution in [-0.4, -0.2) is 119 Å². The first-order chi connectivity index (χ1) is 31.3. The standard InChI is InChI=1S/C33H28F2N4O5.C14H16ClN3O2/c34-23-4-6-24(7-5-23)39-11-1-2-25(33(39)41)29(40)19-22-3-8-31(27(35)18-22)44-30-9-10-36-28-20-32(37-21-26(28)30)43-17-14-38-12-15-42-16-13-38;15-12-1-2-16-13-9-14(17-10-11(12)13)20-8-5-18-3-6-19-7-4-18/h1-11,18,20-21H,12-17,19H2;1-2,9-10H,3-8H2. The molecule has 17 heteroatoms. The van der Waals surface area contributed by atoms with Crippen molar-refractivity contribution >= 4 is 39.2 Å². The molecule has 0 N–H and O–H groups in total. The Bertz CT molecular complexity index is 2770. The molecule has 2 saturated heterocycles. The van der Waals surface area contributed by atoms with Gasteiger partial charge in [-0.1, -0.05) is 17.7 Å². The lowest BCUT2D eigenvalue weighted by molar-refractivity contribution is 0.0319. The molecule has 0 saturated carbocycles. The van der Waals surface area contributed by atoms with E-state index in [2.05, 4.69) is 29.7 Å². The van der Waals surface area contributed by atoms with Crippen LogP contribution in [0, 0.1) is 11.6 Å². The number of carbonyl (C=O) groups is 1. The minimum absolute atomic E-state index is 0.0436. The Balaban J connectivity index is 0.000000233. The smallest absolute Gasteiger partial charge is 0.265 e. The lowest BCUT2D eigenvalue weighted by Gasteiger charge is -2.26. The Labute approximate surface area is 371 Å². The van der Waals surface area contributed by atoms with E-state index in [0.29, 0.717) is 57.9 Å². The second-order valence-corrected chi connectivity index (χ2v) is 15.2. The number of morpholine rings is 2. The van der Waals surface area contributed by atoms with Crippen molar-refractivity contribution in [3.8, 4) is 28.9 Å². The Kier molecular flexibility index (Phi) is 14.7. The first-order valence-electron chi connectivity index (χ1n) is 20.8. The van der Waals surface area contributed by atoms with Crippen LogP contribution in [0.2, 0.25) is 5.02 Å². The average Bonchev–Trinajstić information content (AvgIpc) is 3.31. The molecule has 0 unspecified atom stereocenters. The van der Waals surface area contributed by atoms with Gasteiger partial charge in [-0.05, 0) is 66.2 Å². The minimum Gasteiger partial charge on any atom is -0.476 e. The van der Waals surface area contributed by atoms with Gasteiger partial charge >= 0.3 is 0 Å². The predicted octanol–water partition coefficient (Wildman–Crippen LogP) is 6.98. The molecule has 5 aromatic heterocycles. The van der Waals surface area contributed by atoms with Crippen LogP contribution < -0.4 is 19.8 Å². The van der Waals surface area contributed by atoms with Gasteiger partial charge in [-0.25, -0.2) is 18.7 Å². The molecule has 9 rings (SSSR count). The van der Waals surface area contributed by atoms with E-state index in [1.54, 1.807) is 55.1 Å². The van der Waals surface area contributed by atoms with Gasteiger partial charge in [-0.2, -0.15) is 0 Å². The maximum atomic E-state index is 15.1. The summed E-state index contributed by atoms with van der Waals surface area (Å²) in [6.07, 6.45) is 7.81. The fourth-order valence-corrected chi connectivity index (χ4v) is 7.29. The van der Waals surface area contributed by atoms with Crippen molar-refractivity contribution < 1.29 is 37.3 Å². The maximum absolute atomic E-state index is 15.1. The maximum Gasteiger partial charge on any atom is 0.265 e. The van der Waals surface area contributed by atoms with Crippen molar-refractivity contribution in [3.05, 3.63) is 148 Å². The third-order valence-corrected chi connectivity index (χ3v) is 10.9. The Morgan fingerprint density at radius 2 is 1.31 bits per heavy atom. The quantitative estimate of drug-likeness (QED) is 0.104. The number of hydrogen-bond donors (Lipinski definition) is 0. The summed E-state index contributed by atoms with van der Waals surface area (Å²) in [5.74, 6) is -0.263. The lowest BCUT2D eigenvalue weighted by Crippen LogP contribution is -2.38. The van der Waals surface area contributed by atoms with Crippen molar-refractivity contribution in [2.24, 2.45) is 0 Å². The van der Waals surface area contributed by atoms with Crippen LogP contribution in [0.15, 0.2) is 115 Å². The molecule has 64 heavy (non-hydrogen) atoms. The van der Waals surface area contributed by atoms with E-state index < -0.39 is 23.0 Å². The molecule has 330 valence electrons. The molecular formula is C47H44ClF2N7O7. The summed E-state index contributed by atoms with van der Waals surface area (Å²) in [5, 5.41) is 2.07. The molecule has 2 aromatic carbocycles. The zero-order valence-corrected chi connectivity index (χ0v) is 35.5. The van der Waals surface area contributed by atoms with Gasteiger partial charge in [0.1, 0.15) is 24.8 Å². The molecule has 2 aliphatic heterocycles. The minimum atomic E-state index is -0.673. The van der Waals surface area contributed by atoms with Crippen molar-refractivity contribution in [1.29, 1.82) is 0 Å². The van der Waals surface area contributed by atoms with Crippen LogP contribution in [-0.2, 0) is 15.9 Å². The van der Waals surface area contributed by atoms with Crippen molar-refractivity contribution in [1.82, 2.24) is 34.3 Å². The summed E-state index contributed by atoms with van der Waals surface area (Å²) >= 11 is 6.08. The van der Waals surface area contributed by atoms with E-state index in [9.17, 15) is 14.0 Å². The topological polar surface area (TPSA) is 143 Å². The molecule has 2 fully saturated rings. The second kappa shape index (κ2) is 21.3. The molecule has 0 aliphatic carbocycles. The Morgan fingerprint density at radius 1 is 0.703 bits per heavy atom. The summed E-state index contributed by atoms with van der Waals surface area (Å²) < 4.78 is 57.8. The molecule has 0 atom stereocenters. The fourth-order valence-electron chi connectivity index (χ4n) is 7.09. The predicted molar refractivity (Wildman–Crippen MR) is 236 cm³/mol. The number of benzene rings is 2. The number of carbonyl (C=O) groups excluding carboxylic acids is 1. The van der Waals surface area contributed by atoms with Crippen LogP contribution in [0.25, 0.3) is 27.5 Å². The zero-order chi connectivity index (χ0) is 44.3. The van der Waals surface area contributed by atoms with Crippen LogP contribution in [0.4, 0.5) is 8.78 Å². The van der Waals surface area contributed by atoms with Gasteiger partial charge in [-0.15, -0.1) is 0 Å². The highest BCUT2D eigenvalue weighted by Gasteiger charge is 2.17. The Morgan fingerprint density at radius 3 is 1.95 bits per heavy atom. The molecule has 0 amide bonds. The second-order valence-electron chi connectivity index (χ2n) is 14.8. The molecule has 2 aliphatic rings. The molecule has 7 aromatic rings. The van der Waals surface area contributed by atoms with Gasteiger partial charge in [0, 0.05) is 99.9 Å². The highest BCUT2D eigenvalue weighted by atomic mass is 35.5. The molecular weight excluding hydrogens is 848 g/mol. The highest BCUT2D eigenvalue weighted by Crippen LogP contribution is 2.32. The summed E-state index contributed by atoms with van der Waals surface area (Å²) in [6.45, 7) is 9.45. The summed E-state index contributed by atoms with van der Waals surface area (Å²) in [6, 6.07) is 19.4. The molecule has 14 nitrogen and oxygen atoms in total. The number of Topliss-reactive ketones (excluding diaryl/α,β-unsaturated/α-hetero) is 1. The molecule has 0 spiro atoms. The number of nitrogens with zero attached hydrogens (tertiary/aromatic N) is 7. The van der Waals surface area contributed by atoms with Gasteiger partial charge < -0.3 is 23.7 Å². The highest BCUT2D eigenvalue weighted by molar-refractivity contribution is 6.35. The number of pyridine rings is 5. The van der Waals surface area contributed by atoms with Gasteiger partial charge in [0.25, 0.3) is 5.56 Å². The number of aromatic nitrogens is 5. The third-order valence-electron chi connectivity index (χ3n) is 10.6. The van der Waals surface area contributed by atoms with Gasteiger partial charge in [0.15, 0.2) is 17.3 Å². The number of rotatable bonds is 14. The van der Waals surface area contributed by atoms with Crippen molar-refractivity contribution in [2.45, 2.75) is 6.42 Å². The number of fused-ring (bicyclic) bond motifs is 2. The monoisotopic (exact) mass is 891 g/mol. The third kappa shape index (κ3) is 11.4. The summed E-state index contributed by atoms with van der Waals surface area (Å²) in [4.78, 5) is 47.9. The van der Waals surface area contributed by atoms with E-state index in [-0.39, 0.29) is 17.7 Å². The van der Waals surface area contributed by atoms with E-state index in [0.717, 1.165) is 76.6 Å². The average molecular weight is 892 g/mol. The number of hydrogen-bond acceptors (Lipinski definition) is 13. The number of ketones is 1. The summed E-state index contributed by atoms with van der Waals surface area (Å²) in [5.41, 5.74) is 1.57. The SMILES string of the molecule is Clc1ccnc2cc(OCCN3CCOCC3)ncc12.O=C(Cc1ccc(Oc2ccnc3cc(OCCN4CCOCC4)ncc23)c(F)c1)c1cccn(-c2ccc(F)cc2)c1=O.